The van der Waals surface area contributed by atoms with E-state index < -0.39 is 18.1 Å². The van der Waals surface area contributed by atoms with E-state index in [1.54, 1.807) is 4.90 Å². The van der Waals surface area contributed by atoms with Crippen LogP contribution in [0.5, 0.6) is 0 Å². The van der Waals surface area contributed by atoms with Crippen LogP contribution in [-0.2, 0) is 20.8 Å². The van der Waals surface area contributed by atoms with Gasteiger partial charge in [-0.25, -0.2) is 4.79 Å². The predicted molar refractivity (Wildman–Crippen MR) is 142 cm³/mol. The number of carboxylic acid groups (broad SMARTS) is 1. The number of amides is 2. The van der Waals surface area contributed by atoms with Crippen molar-refractivity contribution < 1.29 is 19.5 Å². The van der Waals surface area contributed by atoms with Gasteiger partial charge < -0.3 is 37.1 Å². The lowest BCUT2D eigenvalue weighted by Gasteiger charge is -2.17. The molecule has 0 saturated carbocycles. The van der Waals surface area contributed by atoms with Gasteiger partial charge in [-0.15, -0.1) is 0 Å². The summed E-state index contributed by atoms with van der Waals surface area (Å²) >= 11 is 0. The zero-order valence-electron chi connectivity index (χ0n) is 21.2. The Kier molecular flexibility index (Phi) is 9.67. The van der Waals surface area contributed by atoms with Gasteiger partial charge in [0.2, 0.25) is 11.8 Å². The van der Waals surface area contributed by atoms with E-state index in [1.807, 2.05) is 37.3 Å². The Bertz CT molecular complexity index is 1170. The topological polar surface area (TPSA) is 190 Å². The fraction of sp³-hybridized carbons (Fsp3) is 0.462. The predicted octanol–water partition coefficient (Wildman–Crippen LogP) is 1.12. The number of aryl methyl sites for hydroxylation is 1. The molecular weight excluding hydrogens is 474 g/mol. The van der Waals surface area contributed by atoms with Crippen LogP contribution < -0.4 is 22.1 Å². The number of unbranched alkanes of at least 4 members (excludes halogenated alkanes) is 2. The number of guanidine groups is 1. The van der Waals surface area contributed by atoms with Crippen LogP contribution in [0.3, 0.4) is 0 Å². The standard InChI is InChI=1S/C26H37N7O4/c1-16-6-5-7-18-13-19(31-23(16)18)14-21(25(36)37)32-22(34)8-3-2-4-10-30-24(35)20(27)12-17-9-11-33(15-17)26(28)29/h5-7,9,13,20-21,31H,2-4,8,10-12,14-15,27H2,1H3,(H3,28,29)(H,30,35)(H,32,34)(H,36,37). The molecule has 0 fully saturated rings. The van der Waals surface area contributed by atoms with Crippen LogP contribution >= 0.6 is 0 Å². The third-order valence-electron chi connectivity index (χ3n) is 6.51. The normalized spacial score (nSPS) is 14.8. The van der Waals surface area contributed by atoms with Gasteiger partial charge in [-0.05, 0) is 43.2 Å². The minimum Gasteiger partial charge on any atom is -0.480 e. The first kappa shape index (κ1) is 27.7. The Balaban J connectivity index is 1.32. The van der Waals surface area contributed by atoms with Crippen LogP contribution in [0.2, 0.25) is 0 Å². The van der Waals surface area contributed by atoms with E-state index in [1.165, 1.54) is 0 Å². The molecule has 2 atom stereocenters. The summed E-state index contributed by atoms with van der Waals surface area (Å²) in [5.41, 5.74) is 15.3. The number of aliphatic carboxylic acids is 1. The third kappa shape index (κ3) is 8.07. The number of hydrogen-bond acceptors (Lipinski definition) is 5. The molecule has 9 N–H and O–H groups in total. The summed E-state index contributed by atoms with van der Waals surface area (Å²) in [6, 6.07) is 6.12. The van der Waals surface area contributed by atoms with Crippen LogP contribution in [0.1, 0.15) is 43.4 Å². The van der Waals surface area contributed by atoms with Gasteiger partial charge in [0.05, 0.1) is 6.04 Å². The molecule has 0 saturated heterocycles. The highest BCUT2D eigenvalue weighted by Gasteiger charge is 2.22. The van der Waals surface area contributed by atoms with Crippen LogP contribution in [0.25, 0.3) is 10.9 Å². The first-order chi connectivity index (χ1) is 17.6. The van der Waals surface area contributed by atoms with Crippen molar-refractivity contribution >= 4 is 34.6 Å². The van der Waals surface area contributed by atoms with Gasteiger partial charge in [0.1, 0.15) is 6.04 Å². The van der Waals surface area contributed by atoms with Gasteiger partial charge in [0, 0.05) is 43.7 Å². The number of carbonyl (C=O) groups excluding carboxylic acids is 2. The molecule has 2 amide bonds. The summed E-state index contributed by atoms with van der Waals surface area (Å²) in [6.07, 6.45) is 4.72. The van der Waals surface area contributed by atoms with Crippen LogP contribution in [0, 0.1) is 12.3 Å². The maximum absolute atomic E-state index is 12.3. The maximum atomic E-state index is 12.3. The van der Waals surface area contributed by atoms with Crippen LogP contribution in [0.4, 0.5) is 0 Å². The molecule has 0 aliphatic carbocycles. The average molecular weight is 512 g/mol. The third-order valence-corrected chi connectivity index (χ3v) is 6.51. The minimum atomic E-state index is -1.08. The van der Waals surface area contributed by atoms with Crippen molar-refractivity contribution in [3.8, 4) is 0 Å². The Hall–Kier alpha value is -3.86. The lowest BCUT2D eigenvalue weighted by Crippen LogP contribution is -2.42. The quantitative estimate of drug-likeness (QED) is 0.0906. The van der Waals surface area contributed by atoms with Crippen LogP contribution in [0.15, 0.2) is 35.9 Å². The highest BCUT2D eigenvalue weighted by Crippen LogP contribution is 2.20. The summed E-state index contributed by atoms with van der Waals surface area (Å²) in [6.45, 7) is 3.51. The summed E-state index contributed by atoms with van der Waals surface area (Å²) in [4.78, 5) is 41.2. The van der Waals surface area contributed by atoms with Gasteiger partial charge in [0.15, 0.2) is 5.96 Å². The van der Waals surface area contributed by atoms with Crippen LogP contribution in [-0.4, -0.2) is 70.5 Å². The van der Waals surface area contributed by atoms with Crippen molar-refractivity contribution in [1.82, 2.24) is 20.5 Å². The van der Waals surface area contributed by atoms with E-state index in [2.05, 4.69) is 15.6 Å². The summed E-state index contributed by atoms with van der Waals surface area (Å²) in [5.74, 6) is -1.63. The molecule has 2 heterocycles. The number of carbonyl (C=O) groups is 3. The number of nitrogens with two attached hydrogens (primary N) is 2. The Morgan fingerprint density at radius 1 is 1.22 bits per heavy atom. The molecule has 2 unspecified atom stereocenters. The van der Waals surface area contributed by atoms with E-state index in [0.29, 0.717) is 45.3 Å². The number of para-hydroxylation sites is 1. The number of H-pyrrole nitrogens is 1. The fourth-order valence-corrected chi connectivity index (χ4v) is 4.41. The number of nitrogens with zero attached hydrogens (tertiary/aromatic N) is 1. The van der Waals surface area contributed by atoms with Gasteiger partial charge in [-0.3, -0.25) is 15.0 Å². The summed E-state index contributed by atoms with van der Waals surface area (Å²) in [7, 11) is 0. The average Bonchev–Trinajstić information content (AvgIpc) is 3.48. The molecule has 1 aliphatic heterocycles. The lowest BCUT2D eigenvalue weighted by molar-refractivity contribution is -0.141. The second kappa shape index (κ2) is 12.9. The molecule has 3 rings (SSSR count). The molecule has 0 spiro atoms. The van der Waals surface area contributed by atoms with Crippen molar-refractivity contribution in [2.45, 2.75) is 57.5 Å². The maximum Gasteiger partial charge on any atom is 0.326 e. The number of carboxylic acids is 1. The van der Waals surface area contributed by atoms with Gasteiger partial charge in [-0.1, -0.05) is 36.3 Å². The van der Waals surface area contributed by atoms with Gasteiger partial charge in [-0.2, -0.15) is 0 Å². The van der Waals surface area contributed by atoms with Gasteiger partial charge >= 0.3 is 5.97 Å². The minimum absolute atomic E-state index is 0.000651. The summed E-state index contributed by atoms with van der Waals surface area (Å²) < 4.78 is 0. The monoisotopic (exact) mass is 511 g/mol. The van der Waals surface area contributed by atoms with Crippen molar-refractivity contribution in [2.24, 2.45) is 11.5 Å². The van der Waals surface area contributed by atoms with Crippen molar-refractivity contribution in [3.05, 3.63) is 47.2 Å². The zero-order valence-corrected chi connectivity index (χ0v) is 21.2. The molecule has 11 nitrogen and oxygen atoms in total. The molecular formula is C26H37N7O4. The van der Waals surface area contributed by atoms with E-state index >= 15 is 0 Å². The first-order valence-corrected chi connectivity index (χ1v) is 12.5. The molecule has 1 aliphatic rings. The van der Waals surface area contributed by atoms with E-state index in [4.69, 9.17) is 16.9 Å². The van der Waals surface area contributed by atoms with Crippen molar-refractivity contribution in [1.29, 1.82) is 5.41 Å². The molecule has 2 aromatic rings. The number of nitrogens with one attached hydrogen (secondary N) is 4. The molecule has 1 aromatic heterocycles. The smallest absolute Gasteiger partial charge is 0.326 e. The number of hydrogen-bond donors (Lipinski definition) is 7. The Labute approximate surface area is 216 Å². The number of aromatic amines is 1. The zero-order chi connectivity index (χ0) is 26.9. The second-order valence-electron chi connectivity index (χ2n) is 9.54. The highest BCUT2D eigenvalue weighted by molar-refractivity contribution is 5.85. The van der Waals surface area contributed by atoms with Crippen molar-refractivity contribution in [3.63, 3.8) is 0 Å². The Morgan fingerprint density at radius 2 is 2.00 bits per heavy atom. The van der Waals surface area contributed by atoms with E-state index in [-0.39, 0.29) is 30.6 Å². The molecule has 0 radical (unpaired) electrons. The molecule has 1 aromatic carbocycles. The molecule has 11 heteroatoms. The van der Waals surface area contributed by atoms with E-state index in [9.17, 15) is 19.5 Å². The highest BCUT2D eigenvalue weighted by atomic mass is 16.4. The number of benzene rings is 1. The largest absolute Gasteiger partial charge is 0.480 e. The van der Waals surface area contributed by atoms with Gasteiger partial charge in [0.25, 0.3) is 0 Å². The summed E-state index contributed by atoms with van der Waals surface area (Å²) in [5, 5.41) is 23.5. The molecule has 37 heavy (non-hydrogen) atoms. The fourth-order valence-electron chi connectivity index (χ4n) is 4.41. The first-order valence-electron chi connectivity index (χ1n) is 12.5. The molecule has 200 valence electrons. The molecule has 0 bridgehead atoms. The lowest BCUT2D eigenvalue weighted by atomic mass is 10.1. The number of aromatic nitrogens is 1. The van der Waals surface area contributed by atoms with E-state index in [0.717, 1.165) is 27.7 Å². The second-order valence-corrected chi connectivity index (χ2v) is 9.54. The SMILES string of the molecule is Cc1cccc2cc(CC(NC(=O)CCCCCNC(=O)C(N)CC3=CCN(C(=N)N)C3)C(=O)O)[nH]c12. The number of rotatable bonds is 13. The number of fused-ring (bicyclic) bond motifs is 1. The Morgan fingerprint density at radius 3 is 2.68 bits per heavy atom. The van der Waals surface area contributed by atoms with Crippen molar-refractivity contribution in [2.75, 3.05) is 19.6 Å².